The lowest BCUT2D eigenvalue weighted by Crippen LogP contribution is -2.11. The second kappa shape index (κ2) is 4.70. The van der Waals surface area contributed by atoms with E-state index >= 15 is 0 Å². The van der Waals surface area contributed by atoms with Crippen molar-refractivity contribution >= 4 is 5.91 Å². The Morgan fingerprint density at radius 2 is 1.63 bits per heavy atom. The summed E-state index contributed by atoms with van der Waals surface area (Å²) in [7, 11) is 0. The van der Waals surface area contributed by atoms with Crippen LogP contribution in [0, 0.1) is 11.3 Å². The van der Waals surface area contributed by atoms with Crippen LogP contribution in [0.4, 0.5) is 0 Å². The predicted molar refractivity (Wildman–Crippen MR) is 68.4 cm³/mol. The zero-order chi connectivity index (χ0) is 14.0. The maximum Gasteiger partial charge on any atom is 0.252 e. The molecule has 0 fully saturated rings. The third-order valence-electron chi connectivity index (χ3n) is 2.75. The number of benzene rings is 2. The van der Waals surface area contributed by atoms with Gasteiger partial charge < -0.3 is 15.9 Å². The average Bonchev–Trinajstić information content (AvgIpc) is 2.39. The van der Waals surface area contributed by atoms with Crippen molar-refractivity contribution in [1.29, 1.82) is 5.26 Å². The second-order valence-corrected chi connectivity index (χ2v) is 3.88. The van der Waals surface area contributed by atoms with Crippen molar-refractivity contribution < 1.29 is 15.0 Å². The average molecular weight is 254 g/mol. The highest BCUT2D eigenvalue weighted by Gasteiger charge is 2.16. The third-order valence-corrected chi connectivity index (χ3v) is 2.75. The number of nitrogens with zero attached hydrogens (tertiary/aromatic N) is 1. The van der Waals surface area contributed by atoms with Gasteiger partial charge in [-0.3, -0.25) is 4.79 Å². The molecule has 0 aliphatic rings. The molecule has 0 unspecified atom stereocenters. The number of carbonyl (C=O) groups excluding carboxylic acids is 1. The normalized spacial score (nSPS) is 9.84. The van der Waals surface area contributed by atoms with Crippen molar-refractivity contribution in [1.82, 2.24) is 0 Å². The molecule has 19 heavy (non-hydrogen) atoms. The van der Waals surface area contributed by atoms with E-state index in [1.807, 2.05) is 6.07 Å². The molecule has 0 bridgehead atoms. The topological polar surface area (TPSA) is 107 Å². The molecule has 1 amide bonds. The maximum absolute atomic E-state index is 11.2. The van der Waals surface area contributed by atoms with E-state index in [0.717, 1.165) is 0 Å². The van der Waals surface area contributed by atoms with Crippen LogP contribution >= 0.6 is 0 Å². The lowest BCUT2D eigenvalue weighted by atomic mass is 9.98. The summed E-state index contributed by atoms with van der Waals surface area (Å²) in [5.41, 5.74) is 5.69. The number of phenols is 2. The molecular weight excluding hydrogens is 244 g/mol. The van der Waals surface area contributed by atoms with Crippen molar-refractivity contribution in [2.45, 2.75) is 0 Å². The van der Waals surface area contributed by atoms with Gasteiger partial charge in [0.25, 0.3) is 5.91 Å². The number of carbonyl (C=O) groups is 1. The number of nitriles is 1. The van der Waals surface area contributed by atoms with Gasteiger partial charge in [0.15, 0.2) is 0 Å². The molecule has 0 radical (unpaired) electrons. The number of amides is 1. The number of phenolic OH excluding ortho intramolecular Hbond substituents is 1. The highest BCUT2D eigenvalue weighted by Crippen LogP contribution is 2.38. The Labute approximate surface area is 109 Å². The van der Waals surface area contributed by atoms with Crippen LogP contribution < -0.4 is 5.73 Å². The third kappa shape index (κ3) is 2.07. The molecule has 2 aromatic carbocycles. The number of para-hydroxylation sites is 2. The van der Waals surface area contributed by atoms with Gasteiger partial charge in [-0.05, 0) is 12.1 Å². The first kappa shape index (κ1) is 12.5. The van der Waals surface area contributed by atoms with Gasteiger partial charge in [0.1, 0.15) is 17.6 Å². The summed E-state index contributed by atoms with van der Waals surface area (Å²) in [6.45, 7) is 0. The number of hydrogen-bond donors (Lipinski definition) is 3. The summed E-state index contributed by atoms with van der Waals surface area (Å²) in [6, 6.07) is 10.8. The molecular formula is C14H10N2O3. The van der Waals surface area contributed by atoms with Crippen LogP contribution in [-0.4, -0.2) is 16.1 Å². The number of primary amides is 1. The van der Waals surface area contributed by atoms with Crippen LogP contribution in [0.25, 0.3) is 11.1 Å². The molecule has 0 aromatic heterocycles. The quantitative estimate of drug-likeness (QED) is 0.758. The van der Waals surface area contributed by atoms with E-state index in [4.69, 9.17) is 11.0 Å². The maximum atomic E-state index is 11.2. The molecule has 0 spiro atoms. The molecule has 2 aromatic rings. The van der Waals surface area contributed by atoms with Gasteiger partial charge in [-0.15, -0.1) is 0 Å². The second-order valence-electron chi connectivity index (χ2n) is 3.88. The summed E-state index contributed by atoms with van der Waals surface area (Å²) < 4.78 is 0. The van der Waals surface area contributed by atoms with E-state index in [9.17, 15) is 15.0 Å². The minimum absolute atomic E-state index is 0.0424. The lowest BCUT2D eigenvalue weighted by Gasteiger charge is -2.10. The molecule has 94 valence electrons. The van der Waals surface area contributed by atoms with Crippen LogP contribution in [0.1, 0.15) is 15.9 Å². The van der Waals surface area contributed by atoms with Crippen molar-refractivity contribution in [3.05, 3.63) is 47.5 Å². The van der Waals surface area contributed by atoms with Crippen LogP contribution in [-0.2, 0) is 0 Å². The minimum atomic E-state index is -0.768. The first-order chi connectivity index (χ1) is 9.06. The van der Waals surface area contributed by atoms with Gasteiger partial charge in [0, 0.05) is 11.1 Å². The summed E-state index contributed by atoms with van der Waals surface area (Å²) in [5, 5.41) is 28.8. The number of hydrogen-bond acceptors (Lipinski definition) is 4. The Bertz CT molecular complexity index is 702. The first-order valence-electron chi connectivity index (χ1n) is 5.40. The fourth-order valence-electron chi connectivity index (χ4n) is 1.81. The highest BCUT2D eigenvalue weighted by atomic mass is 16.3. The molecule has 0 saturated heterocycles. The Morgan fingerprint density at radius 1 is 1.05 bits per heavy atom. The Morgan fingerprint density at radius 3 is 2.21 bits per heavy atom. The first-order valence-corrected chi connectivity index (χ1v) is 5.40. The van der Waals surface area contributed by atoms with Crippen molar-refractivity contribution in [2.75, 3.05) is 0 Å². The van der Waals surface area contributed by atoms with E-state index in [1.54, 1.807) is 6.07 Å². The van der Waals surface area contributed by atoms with Crippen molar-refractivity contribution in [2.24, 2.45) is 5.73 Å². The fraction of sp³-hybridized carbons (Fsp3) is 0. The predicted octanol–water partition coefficient (Wildman–Crippen LogP) is 1.74. The fourth-order valence-corrected chi connectivity index (χ4v) is 1.81. The van der Waals surface area contributed by atoms with Crippen molar-refractivity contribution in [3.63, 3.8) is 0 Å². The van der Waals surface area contributed by atoms with E-state index in [-0.39, 0.29) is 33.8 Å². The largest absolute Gasteiger partial charge is 0.506 e. The van der Waals surface area contributed by atoms with E-state index in [1.165, 1.54) is 30.3 Å². The highest BCUT2D eigenvalue weighted by molar-refractivity contribution is 5.98. The van der Waals surface area contributed by atoms with Crippen molar-refractivity contribution in [3.8, 4) is 28.7 Å². The van der Waals surface area contributed by atoms with Gasteiger partial charge in [-0.25, -0.2) is 0 Å². The molecule has 0 atom stereocenters. The number of aromatic hydroxyl groups is 2. The van der Waals surface area contributed by atoms with Crippen LogP contribution in [0.3, 0.4) is 0 Å². The van der Waals surface area contributed by atoms with E-state index < -0.39 is 5.91 Å². The minimum Gasteiger partial charge on any atom is -0.506 e. The smallest absolute Gasteiger partial charge is 0.252 e. The molecule has 0 aliphatic carbocycles. The summed E-state index contributed by atoms with van der Waals surface area (Å²) in [6.07, 6.45) is 0. The molecule has 0 aliphatic heterocycles. The zero-order valence-corrected chi connectivity index (χ0v) is 9.79. The summed E-state index contributed by atoms with van der Waals surface area (Å²) in [4.78, 5) is 11.2. The Balaban J connectivity index is 2.71. The number of nitrogens with two attached hydrogens (primary N) is 1. The lowest BCUT2D eigenvalue weighted by molar-refractivity contribution is 0.0998. The van der Waals surface area contributed by atoms with Gasteiger partial charge in [0.2, 0.25) is 0 Å². The zero-order valence-electron chi connectivity index (χ0n) is 9.79. The molecule has 4 N–H and O–H groups in total. The van der Waals surface area contributed by atoms with Gasteiger partial charge in [0.05, 0.1) is 11.1 Å². The number of rotatable bonds is 2. The van der Waals surface area contributed by atoms with Crippen LogP contribution in [0.5, 0.6) is 11.5 Å². The molecule has 2 rings (SSSR count). The molecule has 5 heteroatoms. The van der Waals surface area contributed by atoms with Crippen LogP contribution in [0.15, 0.2) is 36.4 Å². The van der Waals surface area contributed by atoms with Gasteiger partial charge >= 0.3 is 0 Å². The monoisotopic (exact) mass is 254 g/mol. The molecule has 0 heterocycles. The van der Waals surface area contributed by atoms with Gasteiger partial charge in [-0.1, -0.05) is 24.3 Å². The standard InChI is InChI=1S/C14H10N2O3/c15-7-8-3-1-4-9(12(8)17)10-5-2-6-11(13(10)18)14(16)19/h1-6,17-18H,(H2,16,19). The SMILES string of the molecule is N#Cc1cccc(-c2cccc(C(N)=O)c2O)c1O. The molecule has 0 saturated carbocycles. The van der Waals surface area contributed by atoms with Crippen LogP contribution in [0.2, 0.25) is 0 Å². The molecule has 5 nitrogen and oxygen atoms in total. The summed E-state index contributed by atoms with van der Waals surface area (Å²) >= 11 is 0. The van der Waals surface area contributed by atoms with Gasteiger partial charge in [-0.2, -0.15) is 5.26 Å². The van der Waals surface area contributed by atoms with E-state index in [0.29, 0.717) is 0 Å². The Kier molecular flexibility index (Phi) is 3.08. The van der Waals surface area contributed by atoms with E-state index in [2.05, 4.69) is 0 Å². The Hall–Kier alpha value is -3.00. The summed E-state index contributed by atoms with van der Waals surface area (Å²) in [5.74, 6) is -1.34.